The maximum atomic E-state index is 11.6. The molecule has 0 saturated heterocycles. The Labute approximate surface area is 99.6 Å². The van der Waals surface area contributed by atoms with Crippen molar-refractivity contribution in [1.82, 2.24) is 0 Å². The Morgan fingerprint density at radius 2 is 2.06 bits per heavy atom. The van der Waals surface area contributed by atoms with Crippen molar-refractivity contribution in [2.45, 2.75) is 25.8 Å². The number of para-hydroxylation sites is 1. The van der Waals surface area contributed by atoms with Gasteiger partial charge in [-0.15, -0.1) is 0 Å². The second kappa shape index (κ2) is 6.00. The monoisotopic (exact) mass is 236 g/mol. The number of carboxylic acid groups (broad SMARTS) is 1. The number of benzene rings is 1. The fourth-order valence-corrected chi connectivity index (χ4v) is 1.37. The molecule has 92 valence electrons. The molecule has 0 aliphatic rings. The first-order valence-electron chi connectivity index (χ1n) is 5.40. The Hall–Kier alpha value is -1.88. The predicted molar refractivity (Wildman–Crippen MR) is 64.7 cm³/mol. The molecule has 1 aromatic carbocycles. The van der Waals surface area contributed by atoms with E-state index in [-0.39, 0.29) is 12.3 Å². The Kier molecular flexibility index (Phi) is 4.66. The molecule has 1 amide bonds. The third kappa shape index (κ3) is 3.88. The van der Waals surface area contributed by atoms with E-state index in [1.807, 2.05) is 6.92 Å². The van der Waals surface area contributed by atoms with E-state index in [9.17, 15) is 9.59 Å². The molecule has 1 aromatic rings. The maximum absolute atomic E-state index is 11.6. The van der Waals surface area contributed by atoms with Crippen LogP contribution in [0.25, 0.3) is 0 Å². The number of hydrogen-bond acceptors (Lipinski definition) is 3. The second-order valence-corrected chi connectivity index (χ2v) is 3.73. The first-order chi connectivity index (χ1) is 8.04. The van der Waals surface area contributed by atoms with Crippen molar-refractivity contribution in [2.24, 2.45) is 5.73 Å². The van der Waals surface area contributed by atoms with Gasteiger partial charge in [0.2, 0.25) is 5.91 Å². The van der Waals surface area contributed by atoms with E-state index in [4.69, 9.17) is 10.8 Å². The molecular formula is C12H16N2O3. The number of amides is 1. The molecule has 0 radical (unpaired) electrons. The zero-order chi connectivity index (χ0) is 12.8. The summed E-state index contributed by atoms with van der Waals surface area (Å²) >= 11 is 0. The number of carbonyl (C=O) groups is 2. The highest BCUT2D eigenvalue weighted by molar-refractivity contribution is 5.95. The number of anilines is 1. The van der Waals surface area contributed by atoms with Crippen LogP contribution in [0.5, 0.6) is 0 Å². The average Bonchev–Trinajstić information content (AvgIpc) is 2.29. The molecular weight excluding hydrogens is 220 g/mol. The quantitative estimate of drug-likeness (QED) is 0.710. The molecule has 0 spiro atoms. The van der Waals surface area contributed by atoms with Crippen LogP contribution in [-0.2, 0) is 16.0 Å². The summed E-state index contributed by atoms with van der Waals surface area (Å²) in [4.78, 5) is 22.3. The smallest absolute Gasteiger partial charge is 0.307 e. The summed E-state index contributed by atoms with van der Waals surface area (Å²) in [7, 11) is 0. The third-order valence-corrected chi connectivity index (χ3v) is 2.39. The van der Waals surface area contributed by atoms with Gasteiger partial charge in [-0.1, -0.05) is 25.1 Å². The van der Waals surface area contributed by atoms with E-state index in [1.54, 1.807) is 24.3 Å². The molecule has 0 saturated carbocycles. The van der Waals surface area contributed by atoms with Crippen molar-refractivity contribution in [3.8, 4) is 0 Å². The van der Waals surface area contributed by atoms with Gasteiger partial charge in [0, 0.05) is 5.69 Å². The van der Waals surface area contributed by atoms with Crippen molar-refractivity contribution in [3.05, 3.63) is 29.8 Å². The van der Waals surface area contributed by atoms with Crippen LogP contribution in [-0.4, -0.2) is 23.0 Å². The minimum atomic E-state index is -0.938. The van der Waals surface area contributed by atoms with E-state index >= 15 is 0 Å². The van der Waals surface area contributed by atoms with E-state index in [2.05, 4.69) is 5.32 Å². The van der Waals surface area contributed by atoms with Crippen molar-refractivity contribution in [1.29, 1.82) is 0 Å². The van der Waals surface area contributed by atoms with Crippen LogP contribution >= 0.6 is 0 Å². The largest absolute Gasteiger partial charge is 0.481 e. The topological polar surface area (TPSA) is 92.4 Å². The highest BCUT2D eigenvalue weighted by Crippen LogP contribution is 2.16. The third-order valence-electron chi connectivity index (χ3n) is 2.39. The lowest BCUT2D eigenvalue weighted by atomic mass is 10.1. The number of carboxylic acids is 1. The van der Waals surface area contributed by atoms with E-state index in [0.29, 0.717) is 17.7 Å². The summed E-state index contributed by atoms with van der Waals surface area (Å²) in [5.41, 5.74) is 6.66. The first kappa shape index (κ1) is 13.2. The number of carbonyl (C=O) groups excluding carboxylic acids is 1. The number of hydrogen-bond donors (Lipinski definition) is 3. The van der Waals surface area contributed by atoms with Gasteiger partial charge in [0.15, 0.2) is 0 Å². The van der Waals surface area contributed by atoms with Gasteiger partial charge in [-0.2, -0.15) is 0 Å². The van der Waals surface area contributed by atoms with Crippen LogP contribution in [0.2, 0.25) is 0 Å². The minimum Gasteiger partial charge on any atom is -0.481 e. The Balaban J connectivity index is 2.83. The lowest BCUT2D eigenvalue weighted by Crippen LogP contribution is -2.35. The van der Waals surface area contributed by atoms with Crippen molar-refractivity contribution in [2.75, 3.05) is 5.32 Å². The Bertz CT molecular complexity index is 418. The van der Waals surface area contributed by atoms with Gasteiger partial charge in [-0.25, -0.2) is 0 Å². The van der Waals surface area contributed by atoms with Crippen LogP contribution in [0.15, 0.2) is 24.3 Å². The summed E-state index contributed by atoms with van der Waals surface area (Å²) in [5, 5.41) is 11.4. The van der Waals surface area contributed by atoms with Crippen LogP contribution < -0.4 is 11.1 Å². The highest BCUT2D eigenvalue weighted by Gasteiger charge is 2.13. The van der Waals surface area contributed by atoms with Gasteiger partial charge in [0.25, 0.3) is 0 Å². The van der Waals surface area contributed by atoms with Gasteiger partial charge in [-0.05, 0) is 18.1 Å². The molecule has 0 bridgehead atoms. The minimum absolute atomic E-state index is 0.127. The van der Waals surface area contributed by atoms with Gasteiger partial charge >= 0.3 is 5.97 Å². The molecule has 17 heavy (non-hydrogen) atoms. The average molecular weight is 236 g/mol. The zero-order valence-electron chi connectivity index (χ0n) is 9.64. The molecule has 5 heteroatoms. The number of rotatable bonds is 5. The van der Waals surface area contributed by atoms with E-state index in [0.717, 1.165) is 0 Å². The van der Waals surface area contributed by atoms with Gasteiger partial charge < -0.3 is 16.2 Å². The second-order valence-electron chi connectivity index (χ2n) is 3.73. The SMILES string of the molecule is CC[C@H](N)C(=O)Nc1ccccc1CC(=O)O. The van der Waals surface area contributed by atoms with E-state index in [1.165, 1.54) is 0 Å². The molecule has 0 aromatic heterocycles. The fraction of sp³-hybridized carbons (Fsp3) is 0.333. The standard InChI is InChI=1S/C12H16N2O3/c1-2-9(13)12(17)14-10-6-4-3-5-8(10)7-11(15)16/h3-6,9H,2,7,13H2,1H3,(H,14,17)(H,15,16)/t9-/m0/s1. The summed E-state index contributed by atoms with van der Waals surface area (Å²) in [6.45, 7) is 1.81. The summed E-state index contributed by atoms with van der Waals surface area (Å²) in [5.74, 6) is -1.24. The number of nitrogens with two attached hydrogens (primary N) is 1. The predicted octanol–water partition coefficient (Wildman–Crippen LogP) is 0.989. The molecule has 0 fully saturated rings. The molecule has 0 unspecified atom stereocenters. The van der Waals surface area contributed by atoms with Gasteiger partial charge in [0.05, 0.1) is 12.5 Å². The highest BCUT2D eigenvalue weighted by atomic mass is 16.4. The number of nitrogens with one attached hydrogen (secondary N) is 1. The summed E-state index contributed by atoms with van der Waals surface area (Å²) < 4.78 is 0. The molecule has 0 aliphatic heterocycles. The lowest BCUT2D eigenvalue weighted by Gasteiger charge is -2.12. The van der Waals surface area contributed by atoms with Crippen LogP contribution in [0, 0.1) is 0 Å². The van der Waals surface area contributed by atoms with Crippen LogP contribution in [0.3, 0.4) is 0 Å². The van der Waals surface area contributed by atoms with Gasteiger partial charge in [-0.3, -0.25) is 9.59 Å². The summed E-state index contributed by atoms with van der Waals surface area (Å²) in [6.07, 6.45) is 0.407. The van der Waals surface area contributed by atoms with Crippen molar-refractivity contribution >= 4 is 17.6 Å². The molecule has 4 N–H and O–H groups in total. The summed E-state index contributed by atoms with van der Waals surface area (Å²) in [6, 6.07) is 6.22. The van der Waals surface area contributed by atoms with E-state index < -0.39 is 12.0 Å². The molecule has 0 heterocycles. The molecule has 1 atom stereocenters. The Morgan fingerprint density at radius 1 is 1.41 bits per heavy atom. The van der Waals surface area contributed by atoms with Crippen molar-refractivity contribution < 1.29 is 14.7 Å². The molecule has 1 rings (SSSR count). The first-order valence-corrected chi connectivity index (χ1v) is 5.40. The fourth-order valence-electron chi connectivity index (χ4n) is 1.37. The zero-order valence-corrected chi connectivity index (χ0v) is 9.64. The van der Waals surface area contributed by atoms with Crippen molar-refractivity contribution in [3.63, 3.8) is 0 Å². The Morgan fingerprint density at radius 3 is 2.65 bits per heavy atom. The van der Waals surface area contributed by atoms with Gasteiger partial charge in [0.1, 0.15) is 0 Å². The maximum Gasteiger partial charge on any atom is 0.307 e. The van der Waals surface area contributed by atoms with Crippen LogP contribution in [0.4, 0.5) is 5.69 Å². The molecule has 0 aliphatic carbocycles. The number of aliphatic carboxylic acids is 1. The molecule has 5 nitrogen and oxygen atoms in total. The van der Waals surface area contributed by atoms with Crippen LogP contribution in [0.1, 0.15) is 18.9 Å². The lowest BCUT2D eigenvalue weighted by molar-refractivity contribution is -0.136. The normalized spacial score (nSPS) is 11.9.